The first kappa shape index (κ1) is 23.9. The van der Waals surface area contributed by atoms with Crippen LogP contribution in [-0.2, 0) is 17.6 Å². The summed E-state index contributed by atoms with van der Waals surface area (Å²) in [5.74, 6) is 1.02. The van der Waals surface area contributed by atoms with Crippen LogP contribution in [0.2, 0.25) is 0 Å². The summed E-state index contributed by atoms with van der Waals surface area (Å²) in [6, 6.07) is 16.2. The Balaban J connectivity index is 1.44. The third-order valence-corrected chi connectivity index (χ3v) is 8.14. The number of fused-ring (bicyclic) bond motifs is 3. The zero-order valence-electron chi connectivity index (χ0n) is 21.0. The Labute approximate surface area is 209 Å². The summed E-state index contributed by atoms with van der Waals surface area (Å²) in [5.41, 5.74) is 3.28. The van der Waals surface area contributed by atoms with E-state index in [4.69, 9.17) is 4.74 Å². The van der Waals surface area contributed by atoms with Gasteiger partial charge in [-0.1, -0.05) is 42.8 Å². The van der Waals surface area contributed by atoms with E-state index in [1.54, 1.807) is 0 Å². The smallest absolute Gasteiger partial charge is 0.257 e. The Bertz CT molecular complexity index is 1030. The normalized spacial score (nSPS) is 23.7. The van der Waals surface area contributed by atoms with Crippen molar-refractivity contribution < 1.29 is 14.3 Å². The van der Waals surface area contributed by atoms with E-state index in [9.17, 15) is 9.59 Å². The Morgan fingerprint density at radius 2 is 1.57 bits per heavy atom. The topological polar surface area (TPSA) is 49.9 Å². The number of carbonyl (C=O) groups excluding carboxylic acids is 2. The highest BCUT2D eigenvalue weighted by atomic mass is 16.5. The highest BCUT2D eigenvalue weighted by molar-refractivity contribution is 5.97. The molecule has 2 aliphatic carbocycles. The van der Waals surface area contributed by atoms with Crippen molar-refractivity contribution in [3.05, 3.63) is 65.2 Å². The Morgan fingerprint density at radius 3 is 2.34 bits per heavy atom. The minimum atomic E-state index is -0.0822. The third-order valence-electron chi connectivity index (χ3n) is 8.14. The lowest BCUT2D eigenvalue weighted by Crippen LogP contribution is -2.52. The predicted molar refractivity (Wildman–Crippen MR) is 138 cm³/mol. The van der Waals surface area contributed by atoms with Crippen molar-refractivity contribution in [1.82, 2.24) is 9.80 Å². The van der Waals surface area contributed by atoms with Gasteiger partial charge in [0, 0.05) is 25.6 Å². The van der Waals surface area contributed by atoms with Crippen LogP contribution in [0.3, 0.4) is 0 Å². The molecule has 0 aromatic heterocycles. The Morgan fingerprint density at radius 1 is 0.886 bits per heavy atom. The average Bonchev–Trinajstić information content (AvgIpc) is 3.33. The first-order valence-corrected chi connectivity index (χ1v) is 13.6. The number of nitrogens with zero attached hydrogens (tertiary/aromatic N) is 2. The number of benzene rings is 2. The van der Waals surface area contributed by atoms with Gasteiger partial charge < -0.3 is 14.5 Å². The van der Waals surface area contributed by atoms with Gasteiger partial charge in [0.15, 0.2) is 0 Å². The van der Waals surface area contributed by atoms with Gasteiger partial charge in [-0.25, -0.2) is 0 Å². The van der Waals surface area contributed by atoms with Gasteiger partial charge >= 0.3 is 0 Å². The van der Waals surface area contributed by atoms with Gasteiger partial charge in [-0.15, -0.1) is 0 Å². The minimum absolute atomic E-state index is 0.0232. The second-order valence-electron chi connectivity index (χ2n) is 10.4. The maximum absolute atomic E-state index is 14.0. The van der Waals surface area contributed by atoms with Crippen LogP contribution in [0.1, 0.15) is 73.4 Å². The van der Waals surface area contributed by atoms with E-state index in [0.717, 1.165) is 70.9 Å². The second-order valence-corrected chi connectivity index (χ2v) is 10.4. The van der Waals surface area contributed by atoms with Crippen molar-refractivity contribution in [3.8, 4) is 5.75 Å². The van der Waals surface area contributed by atoms with Gasteiger partial charge in [0.1, 0.15) is 11.9 Å². The van der Waals surface area contributed by atoms with Crippen molar-refractivity contribution in [2.24, 2.45) is 5.92 Å². The van der Waals surface area contributed by atoms with E-state index < -0.39 is 0 Å². The standard InChI is InChI=1S/C30H38N2O3/c1-2-31-18-10-3-11-19-32(29(33)24-20-22-12-4-5-13-23(22)21-24)26-15-7-9-17-28(26)35-27-16-8-6-14-25(27)30(31)34/h4-6,8,12-14,16,24,26,28H,2-3,7,9-11,15,17-21H2,1H3/t26-,28+/m1/s1. The summed E-state index contributed by atoms with van der Waals surface area (Å²) in [4.78, 5) is 31.5. The molecule has 0 bridgehead atoms. The van der Waals surface area contributed by atoms with Gasteiger partial charge in [0.2, 0.25) is 5.91 Å². The number of rotatable bonds is 2. The lowest BCUT2D eigenvalue weighted by Gasteiger charge is -2.41. The molecule has 2 amide bonds. The molecule has 1 heterocycles. The fourth-order valence-corrected chi connectivity index (χ4v) is 6.22. The van der Waals surface area contributed by atoms with Crippen LogP contribution in [0.15, 0.2) is 48.5 Å². The fraction of sp³-hybridized carbons (Fsp3) is 0.533. The molecule has 35 heavy (non-hydrogen) atoms. The lowest BCUT2D eigenvalue weighted by atomic mass is 9.89. The molecule has 0 saturated heterocycles. The molecule has 0 radical (unpaired) electrons. The molecule has 2 aromatic rings. The van der Waals surface area contributed by atoms with Gasteiger partial charge in [-0.2, -0.15) is 0 Å². The van der Waals surface area contributed by atoms with Crippen LogP contribution in [0.5, 0.6) is 5.75 Å². The first-order valence-electron chi connectivity index (χ1n) is 13.6. The Kier molecular flexibility index (Phi) is 7.40. The van der Waals surface area contributed by atoms with Gasteiger partial charge in [-0.05, 0) is 81.5 Å². The van der Waals surface area contributed by atoms with Crippen molar-refractivity contribution in [2.45, 2.75) is 76.9 Å². The van der Waals surface area contributed by atoms with Gasteiger partial charge in [0.25, 0.3) is 5.91 Å². The summed E-state index contributed by atoms with van der Waals surface area (Å²) in [6.45, 7) is 4.24. The maximum atomic E-state index is 14.0. The summed E-state index contributed by atoms with van der Waals surface area (Å²) < 4.78 is 6.64. The summed E-state index contributed by atoms with van der Waals surface area (Å²) in [6.07, 6.45) is 8.62. The molecule has 2 aromatic carbocycles. The number of hydrogen-bond acceptors (Lipinski definition) is 3. The van der Waals surface area contributed by atoms with Crippen LogP contribution in [0.25, 0.3) is 0 Å². The zero-order valence-corrected chi connectivity index (χ0v) is 21.0. The second kappa shape index (κ2) is 10.8. The van der Waals surface area contributed by atoms with Crippen LogP contribution < -0.4 is 4.74 Å². The molecule has 1 aliphatic heterocycles. The fourth-order valence-electron chi connectivity index (χ4n) is 6.22. The molecule has 2 atom stereocenters. The largest absolute Gasteiger partial charge is 0.487 e. The number of carbonyl (C=O) groups is 2. The molecule has 0 unspecified atom stereocenters. The van der Waals surface area contributed by atoms with Crippen LogP contribution >= 0.6 is 0 Å². The molecule has 5 rings (SSSR count). The summed E-state index contributed by atoms with van der Waals surface area (Å²) in [7, 11) is 0. The monoisotopic (exact) mass is 474 g/mol. The highest BCUT2D eigenvalue weighted by Crippen LogP contribution is 2.34. The van der Waals surface area contributed by atoms with E-state index in [-0.39, 0.29) is 29.9 Å². The minimum Gasteiger partial charge on any atom is -0.487 e. The van der Waals surface area contributed by atoms with E-state index >= 15 is 0 Å². The molecule has 186 valence electrons. The number of para-hydroxylation sites is 1. The van der Waals surface area contributed by atoms with Crippen molar-refractivity contribution in [3.63, 3.8) is 0 Å². The highest BCUT2D eigenvalue weighted by Gasteiger charge is 2.39. The average molecular weight is 475 g/mol. The molecular weight excluding hydrogens is 436 g/mol. The molecule has 3 aliphatic rings. The van der Waals surface area contributed by atoms with Gasteiger partial charge in [-0.3, -0.25) is 9.59 Å². The maximum Gasteiger partial charge on any atom is 0.257 e. The number of ether oxygens (including phenoxy) is 1. The predicted octanol–water partition coefficient (Wildman–Crippen LogP) is 5.27. The van der Waals surface area contributed by atoms with Crippen LogP contribution in [-0.4, -0.2) is 53.4 Å². The number of hydrogen-bond donors (Lipinski definition) is 0. The molecule has 5 nitrogen and oxygen atoms in total. The zero-order chi connectivity index (χ0) is 24.2. The van der Waals surface area contributed by atoms with Crippen molar-refractivity contribution >= 4 is 11.8 Å². The quantitative estimate of drug-likeness (QED) is 0.596. The number of amides is 2. The molecule has 1 saturated carbocycles. The molecule has 1 fully saturated rings. The summed E-state index contributed by atoms with van der Waals surface area (Å²) in [5, 5.41) is 0. The van der Waals surface area contributed by atoms with Crippen molar-refractivity contribution in [2.75, 3.05) is 19.6 Å². The summed E-state index contributed by atoms with van der Waals surface area (Å²) >= 11 is 0. The van der Waals surface area contributed by atoms with E-state index in [2.05, 4.69) is 29.2 Å². The van der Waals surface area contributed by atoms with E-state index in [0.29, 0.717) is 17.9 Å². The lowest BCUT2D eigenvalue weighted by molar-refractivity contribution is -0.141. The van der Waals surface area contributed by atoms with Crippen LogP contribution in [0, 0.1) is 5.92 Å². The molecule has 0 spiro atoms. The third kappa shape index (κ3) is 5.10. The molecular formula is C30H38N2O3. The van der Waals surface area contributed by atoms with Gasteiger partial charge in [0.05, 0.1) is 11.6 Å². The van der Waals surface area contributed by atoms with E-state index in [1.165, 1.54) is 11.1 Å². The SMILES string of the molecule is CCN1CCCCCN(C(=O)C2Cc3ccccc3C2)[C@@H]2CCCC[C@@H]2Oc2ccccc2C1=O. The Hall–Kier alpha value is -2.82. The molecule has 5 heteroatoms. The van der Waals surface area contributed by atoms with Crippen LogP contribution in [0.4, 0.5) is 0 Å². The van der Waals surface area contributed by atoms with Crippen molar-refractivity contribution in [1.29, 1.82) is 0 Å². The first-order chi connectivity index (χ1) is 17.2. The molecule has 0 N–H and O–H groups in total. The van der Waals surface area contributed by atoms with E-state index in [1.807, 2.05) is 36.1 Å².